The summed E-state index contributed by atoms with van der Waals surface area (Å²) in [5.41, 5.74) is -0.356. The molecule has 1 rings (SSSR count). The molecule has 0 aliphatic rings. The Morgan fingerprint density at radius 1 is 1.67 bits per heavy atom. The topological polar surface area (TPSA) is 74.8 Å². The molecule has 1 heterocycles. The molecule has 1 aromatic rings. The van der Waals surface area contributed by atoms with Crippen molar-refractivity contribution >= 4 is 46.7 Å². The molecule has 0 fully saturated rings. The second-order valence-electron chi connectivity index (χ2n) is 2.43. The highest BCUT2D eigenvalue weighted by Crippen LogP contribution is 2.10. The van der Waals surface area contributed by atoms with Gasteiger partial charge in [-0.1, -0.05) is 35.0 Å². The maximum absolute atomic E-state index is 11.1. The van der Waals surface area contributed by atoms with Crippen molar-refractivity contribution in [2.75, 3.05) is 11.6 Å². The molecule has 8 heteroatoms. The standard InChI is InChI=1S/C7H7Cl2N3O2S/c1-15-7-11-3(2-4(13)12-7)10-6(14)5(8)9/h2,5H,1H3,(H2,10,11,12,13,14). The molecule has 1 aromatic heterocycles. The van der Waals surface area contributed by atoms with Gasteiger partial charge in [-0.3, -0.25) is 9.59 Å². The van der Waals surface area contributed by atoms with Gasteiger partial charge in [0.1, 0.15) is 5.82 Å². The summed E-state index contributed by atoms with van der Waals surface area (Å²) in [6, 6.07) is 1.15. The van der Waals surface area contributed by atoms with E-state index in [-0.39, 0.29) is 11.4 Å². The number of alkyl halides is 2. The molecule has 0 aliphatic heterocycles. The SMILES string of the molecule is CSc1nc(NC(=O)C(Cl)Cl)cc(=O)[nH]1. The fourth-order valence-electron chi connectivity index (χ4n) is 0.777. The van der Waals surface area contributed by atoms with Gasteiger partial charge >= 0.3 is 0 Å². The summed E-state index contributed by atoms with van der Waals surface area (Å²) in [6.45, 7) is 0. The number of nitrogens with one attached hydrogen (secondary N) is 2. The average molecular weight is 268 g/mol. The van der Waals surface area contributed by atoms with E-state index in [2.05, 4.69) is 15.3 Å². The highest BCUT2D eigenvalue weighted by Gasteiger charge is 2.12. The summed E-state index contributed by atoms with van der Waals surface area (Å²) in [5, 5.41) is 2.71. The van der Waals surface area contributed by atoms with Gasteiger partial charge in [0.2, 0.25) is 0 Å². The summed E-state index contributed by atoms with van der Waals surface area (Å²) >= 11 is 11.9. The molecule has 82 valence electrons. The van der Waals surface area contributed by atoms with Gasteiger partial charge in [-0.25, -0.2) is 4.98 Å². The summed E-state index contributed by atoms with van der Waals surface area (Å²) in [7, 11) is 0. The number of carbonyl (C=O) groups excluding carboxylic acids is 1. The molecule has 0 unspecified atom stereocenters. The number of halogens is 2. The Labute approximate surface area is 99.6 Å². The second-order valence-corrected chi connectivity index (χ2v) is 4.32. The smallest absolute Gasteiger partial charge is 0.258 e. The molecule has 0 atom stereocenters. The lowest BCUT2D eigenvalue weighted by atomic mass is 10.5. The molecule has 15 heavy (non-hydrogen) atoms. The van der Waals surface area contributed by atoms with E-state index in [0.717, 1.165) is 6.07 Å². The van der Waals surface area contributed by atoms with Gasteiger partial charge in [-0.2, -0.15) is 0 Å². The number of hydrogen-bond donors (Lipinski definition) is 2. The Morgan fingerprint density at radius 3 is 2.87 bits per heavy atom. The normalized spacial score (nSPS) is 10.4. The van der Waals surface area contributed by atoms with Crippen LogP contribution in [0.4, 0.5) is 5.82 Å². The van der Waals surface area contributed by atoms with Crippen LogP contribution in [0.15, 0.2) is 16.0 Å². The van der Waals surface area contributed by atoms with E-state index in [4.69, 9.17) is 23.2 Å². The third-order valence-electron chi connectivity index (χ3n) is 1.36. The minimum Gasteiger partial charge on any atom is -0.308 e. The van der Waals surface area contributed by atoms with Crippen LogP contribution in [-0.4, -0.2) is 27.0 Å². The largest absolute Gasteiger partial charge is 0.308 e. The Kier molecular flexibility index (Phi) is 4.44. The molecule has 0 spiro atoms. The maximum Gasteiger partial charge on any atom is 0.258 e. The second kappa shape index (κ2) is 5.39. The van der Waals surface area contributed by atoms with Crippen molar-refractivity contribution < 1.29 is 4.79 Å². The number of aromatic nitrogens is 2. The van der Waals surface area contributed by atoms with Crippen molar-refractivity contribution in [2.45, 2.75) is 9.99 Å². The maximum atomic E-state index is 11.1. The zero-order chi connectivity index (χ0) is 11.4. The summed E-state index contributed by atoms with van der Waals surface area (Å²) in [4.78, 5) is 27.4. The van der Waals surface area contributed by atoms with Crippen LogP contribution in [0.1, 0.15) is 0 Å². The third-order valence-corrected chi connectivity index (χ3v) is 2.34. The molecule has 5 nitrogen and oxygen atoms in total. The zero-order valence-corrected chi connectivity index (χ0v) is 9.91. The number of nitrogens with zero attached hydrogens (tertiary/aromatic N) is 1. The fraction of sp³-hybridized carbons (Fsp3) is 0.286. The Morgan fingerprint density at radius 2 is 2.33 bits per heavy atom. The number of anilines is 1. The van der Waals surface area contributed by atoms with E-state index in [1.165, 1.54) is 11.8 Å². The Balaban J connectivity index is 2.90. The van der Waals surface area contributed by atoms with Crippen molar-refractivity contribution in [3.05, 3.63) is 16.4 Å². The van der Waals surface area contributed by atoms with Crippen LogP contribution in [0, 0.1) is 0 Å². The third kappa shape index (κ3) is 3.73. The summed E-state index contributed by atoms with van der Waals surface area (Å²) in [6.07, 6.45) is 1.75. The van der Waals surface area contributed by atoms with Crippen LogP contribution in [0.5, 0.6) is 0 Å². The molecule has 0 bridgehead atoms. The number of H-pyrrole nitrogens is 1. The van der Waals surface area contributed by atoms with Crippen molar-refractivity contribution in [3.8, 4) is 0 Å². The van der Waals surface area contributed by atoms with E-state index in [1.54, 1.807) is 6.26 Å². The van der Waals surface area contributed by atoms with E-state index < -0.39 is 10.7 Å². The van der Waals surface area contributed by atoms with Crippen LogP contribution in [0.25, 0.3) is 0 Å². The van der Waals surface area contributed by atoms with Crippen molar-refractivity contribution in [3.63, 3.8) is 0 Å². The number of rotatable bonds is 3. The van der Waals surface area contributed by atoms with E-state index in [1.807, 2.05) is 0 Å². The summed E-state index contributed by atoms with van der Waals surface area (Å²) in [5.74, 6) is -0.497. The van der Waals surface area contributed by atoms with Crippen LogP contribution < -0.4 is 10.9 Å². The zero-order valence-electron chi connectivity index (χ0n) is 7.58. The van der Waals surface area contributed by atoms with Crippen molar-refractivity contribution in [1.82, 2.24) is 9.97 Å². The van der Waals surface area contributed by atoms with Crippen LogP contribution in [-0.2, 0) is 4.79 Å². The Bertz CT molecular complexity index is 421. The Hall–Kier alpha value is -0.720. The minimum absolute atomic E-state index is 0.124. The highest BCUT2D eigenvalue weighted by molar-refractivity contribution is 7.98. The number of carbonyl (C=O) groups is 1. The van der Waals surface area contributed by atoms with Crippen molar-refractivity contribution in [2.24, 2.45) is 0 Å². The van der Waals surface area contributed by atoms with Gasteiger partial charge in [0.25, 0.3) is 11.5 Å². The first-order valence-electron chi connectivity index (χ1n) is 3.77. The van der Waals surface area contributed by atoms with Gasteiger partial charge < -0.3 is 10.3 Å². The monoisotopic (exact) mass is 267 g/mol. The number of aromatic amines is 1. The van der Waals surface area contributed by atoms with E-state index >= 15 is 0 Å². The molecule has 0 aliphatic carbocycles. The number of hydrogen-bond acceptors (Lipinski definition) is 4. The molecule has 1 amide bonds. The molecule has 2 N–H and O–H groups in total. The van der Waals surface area contributed by atoms with Gasteiger partial charge in [0.05, 0.1) is 0 Å². The molecule has 0 saturated carbocycles. The van der Waals surface area contributed by atoms with Crippen LogP contribution in [0.3, 0.4) is 0 Å². The minimum atomic E-state index is -1.19. The predicted molar refractivity (Wildman–Crippen MR) is 60.8 cm³/mol. The first kappa shape index (κ1) is 12.4. The first-order valence-corrected chi connectivity index (χ1v) is 5.87. The molecule has 0 saturated heterocycles. The molecule has 0 aromatic carbocycles. The number of thioether (sulfide) groups is 1. The predicted octanol–water partition coefficient (Wildman–Crippen LogP) is 1.23. The van der Waals surface area contributed by atoms with Gasteiger partial charge in [-0.05, 0) is 6.26 Å². The fourth-order valence-corrected chi connectivity index (χ4v) is 1.28. The first-order chi connectivity index (χ1) is 7.02. The number of amides is 1. The van der Waals surface area contributed by atoms with Crippen molar-refractivity contribution in [1.29, 1.82) is 0 Å². The lowest BCUT2D eigenvalue weighted by molar-refractivity contribution is -0.114. The van der Waals surface area contributed by atoms with Gasteiger partial charge in [-0.15, -0.1) is 0 Å². The van der Waals surface area contributed by atoms with Crippen LogP contribution >= 0.6 is 35.0 Å². The lowest BCUT2D eigenvalue weighted by Crippen LogP contribution is -2.21. The molecule has 0 radical (unpaired) electrons. The van der Waals surface area contributed by atoms with E-state index in [0.29, 0.717) is 5.16 Å². The van der Waals surface area contributed by atoms with Crippen LogP contribution in [0.2, 0.25) is 0 Å². The average Bonchev–Trinajstić information content (AvgIpc) is 2.16. The highest BCUT2D eigenvalue weighted by atomic mass is 35.5. The van der Waals surface area contributed by atoms with Gasteiger partial charge in [0.15, 0.2) is 9.99 Å². The molecular formula is C7H7Cl2N3O2S. The lowest BCUT2D eigenvalue weighted by Gasteiger charge is -2.04. The quantitative estimate of drug-likeness (QED) is 0.491. The summed E-state index contributed by atoms with van der Waals surface area (Å²) < 4.78 is 0. The van der Waals surface area contributed by atoms with E-state index in [9.17, 15) is 9.59 Å². The molecular weight excluding hydrogens is 261 g/mol. The van der Waals surface area contributed by atoms with Gasteiger partial charge in [0, 0.05) is 6.07 Å².